The molecule has 2 aromatic rings. The molecule has 1 aliphatic rings. The zero-order chi connectivity index (χ0) is 23.8. The van der Waals surface area contributed by atoms with Crippen LogP contribution in [0.5, 0.6) is 5.75 Å². The quantitative estimate of drug-likeness (QED) is 0.582. The van der Waals surface area contributed by atoms with Crippen LogP contribution in [0.15, 0.2) is 37.5 Å². The molecule has 0 aliphatic carbocycles. The first-order valence-corrected chi connectivity index (χ1v) is 11.4. The van der Waals surface area contributed by atoms with E-state index >= 15 is 0 Å². The lowest BCUT2D eigenvalue weighted by atomic mass is 10.0. The van der Waals surface area contributed by atoms with E-state index in [4.69, 9.17) is 4.42 Å². The second-order valence-electron chi connectivity index (χ2n) is 8.11. The molecule has 32 heavy (non-hydrogen) atoms. The van der Waals surface area contributed by atoms with Gasteiger partial charge in [-0.1, -0.05) is 19.9 Å². The Balaban J connectivity index is 1.93. The van der Waals surface area contributed by atoms with Crippen molar-refractivity contribution in [3.8, 4) is 5.75 Å². The number of para-hydroxylation sites is 1. The highest BCUT2D eigenvalue weighted by molar-refractivity contribution is 7.89. The molecule has 3 rings (SSSR count). The topological polar surface area (TPSA) is 137 Å². The summed E-state index contributed by atoms with van der Waals surface area (Å²) >= 11 is 0. The van der Waals surface area contributed by atoms with Crippen molar-refractivity contribution < 1.29 is 22.7 Å². The van der Waals surface area contributed by atoms with E-state index in [1.54, 1.807) is 20.2 Å². The van der Waals surface area contributed by atoms with Gasteiger partial charge in [0.05, 0.1) is 17.3 Å². The van der Waals surface area contributed by atoms with Crippen LogP contribution in [0, 0.1) is 19.8 Å². The first kappa shape index (κ1) is 23.3. The number of benzene rings is 1. The number of amidine groups is 2. The van der Waals surface area contributed by atoms with Gasteiger partial charge >= 0.3 is 10.2 Å². The van der Waals surface area contributed by atoms with Crippen molar-refractivity contribution in [1.82, 2.24) is 10.2 Å². The Kier molecular flexibility index (Phi) is 6.31. The van der Waals surface area contributed by atoms with Gasteiger partial charge in [0.25, 0.3) is 5.91 Å². The smallest absolute Gasteiger partial charge is 0.367 e. The van der Waals surface area contributed by atoms with Crippen LogP contribution in [0.3, 0.4) is 0 Å². The molecule has 0 bridgehead atoms. The number of phenolic OH excluding ortho intramolecular Hbond substituents is 1. The maximum absolute atomic E-state index is 12.3. The molecule has 0 spiro atoms. The summed E-state index contributed by atoms with van der Waals surface area (Å²) in [6.07, 6.45) is 0. The van der Waals surface area contributed by atoms with Gasteiger partial charge in [0.15, 0.2) is 17.4 Å². The molecule has 10 nitrogen and oxygen atoms in total. The van der Waals surface area contributed by atoms with Gasteiger partial charge in [-0.3, -0.25) is 4.79 Å². The van der Waals surface area contributed by atoms with Crippen molar-refractivity contribution in [1.29, 1.82) is 0 Å². The first-order chi connectivity index (χ1) is 14.9. The van der Waals surface area contributed by atoms with Crippen LogP contribution in [0.25, 0.3) is 0 Å². The Labute approximate surface area is 187 Å². The summed E-state index contributed by atoms with van der Waals surface area (Å²) in [5.74, 6) is 0.606. The maximum Gasteiger partial charge on any atom is 0.367 e. The third-order valence-corrected chi connectivity index (χ3v) is 5.84. The van der Waals surface area contributed by atoms with E-state index < -0.39 is 16.1 Å². The highest BCUT2D eigenvalue weighted by Crippen LogP contribution is 2.30. The van der Waals surface area contributed by atoms with Crippen molar-refractivity contribution in [3.05, 3.63) is 46.9 Å². The number of amides is 1. The van der Waals surface area contributed by atoms with Crippen LogP contribution in [-0.4, -0.2) is 50.1 Å². The molecule has 1 aliphatic heterocycles. The van der Waals surface area contributed by atoms with Crippen LogP contribution in [0.4, 0.5) is 5.69 Å². The van der Waals surface area contributed by atoms with E-state index in [-0.39, 0.29) is 40.6 Å². The molecule has 11 heteroatoms. The molecule has 2 heterocycles. The molecule has 3 N–H and O–H groups in total. The predicted octanol–water partition coefficient (Wildman–Crippen LogP) is 2.76. The number of nitrogens with one attached hydrogen (secondary N) is 2. The number of rotatable bonds is 5. The second-order valence-corrected chi connectivity index (χ2v) is 9.37. The van der Waals surface area contributed by atoms with Gasteiger partial charge in [-0.05, 0) is 43.5 Å². The number of hydrogen-bond acceptors (Lipinski definition) is 7. The van der Waals surface area contributed by atoms with Crippen LogP contribution in [-0.2, 0) is 10.2 Å². The summed E-state index contributed by atoms with van der Waals surface area (Å²) in [7, 11) is -0.983. The average molecular weight is 462 g/mol. The highest BCUT2D eigenvalue weighted by atomic mass is 32.2. The van der Waals surface area contributed by atoms with E-state index in [0.29, 0.717) is 5.76 Å². The maximum atomic E-state index is 12.3. The Morgan fingerprint density at radius 2 is 1.81 bits per heavy atom. The molecule has 0 saturated heterocycles. The number of aromatic hydroxyl groups is 1. The SMILES string of the molecule is Cc1cc([C@H](NC2=NS(=O)(=O)N=C2Nc2cccc(C(=O)N(C)C)c2O)C(C)C)oc1C. The Morgan fingerprint density at radius 1 is 1.16 bits per heavy atom. The first-order valence-electron chi connectivity index (χ1n) is 9.99. The van der Waals surface area contributed by atoms with Crippen molar-refractivity contribution in [2.24, 2.45) is 14.7 Å². The van der Waals surface area contributed by atoms with Crippen molar-refractivity contribution in [2.75, 3.05) is 19.4 Å². The molecular formula is C21H27N5O5S. The number of carbonyl (C=O) groups is 1. The van der Waals surface area contributed by atoms with Crippen LogP contribution >= 0.6 is 0 Å². The molecule has 0 fully saturated rings. The number of phenols is 1. The van der Waals surface area contributed by atoms with Crippen LogP contribution < -0.4 is 10.6 Å². The number of hydrogen-bond donors (Lipinski definition) is 3. The lowest BCUT2D eigenvalue weighted by Crippen LogP contribution is -2.38. The minimum atomic E-state index is -4.11. The number of nitrogens with zero attached hydrogens (tertiary/aromatic N) is 3. The van der Waals surface area contributed by atoms with Gasteiger partial charge in [0.2, 0.25) is 0 Å². The van der Waals surface area contributed by atoms with Gasteiger partial charge in [-0.15, -0.1) is 8.80 Å². The normalized spacial score (nSPS) is 15.8. The molecule has 172 valence electrons. The van der Waals surface area contributed by atoms with Crippen LogP contribution in [0.2, 0.25) is 0 Å². The molecule has 1 aromatic carbocycles. The third kappa shape index (κ3) is 4.77. The van der Waals surface area contributed by atoms with Gasteiger partial charge < -0.3 is 25.1 Å². The largest absolute Gasteiger partial charge is 0.505 e. The molecule has 0 unspecified atom stereocenters. The Morgan fingerprint density at radius 3 is 2.38 bits per heavy atom. The fraction of sp³-hybridized carbons (Fsp3) is 0.381. The Hall–Kier alpha value is -3.34. The lowest BCUT2D eigenvalue weighted by molar-refractivity contribution is 0.0824. The summed E-state index contributed by atoms with van der Waals surface area (Å²) < 4.78 is 37.5. The summed E-state index contributed by atoms with van der Waals surface area (Å²) in [5.41, 5.74) is 1.16. The summed E-state index contributed by atoms with van der Waals surface area (Å²) in [4.78, 5) is 13.6. The number of anilines is 1. The Bertz CT molecular complexity index is 1190. The monoisotopic (exact) mass is 461 g/mol. The van der Waals surface area contributed by atoms with E-state index in [1.165, 1.54) is 17.0 Å². The molecule has 0 radical (unpaired) electrons. The van der Waals surface area contributed by atoms with Crippen molar-refractivity contribution >= 4 is 33.5 Å². The van der Waals surface area contributed by atoms with E-state index in [2.05, 4.69) is 19.4 Å². The number of carbonyl (C=O) groups excluding carboxylic acids is 1. The minimum absolute atomic E-state index is 0.0147. The summed E-state index contributed by atoms with van der Waals surface area (Å²) in [5, 5.41) is 16.5. The van der Waals surface area contributed by atoms with Crippen molar-refractivity contribution in [3.63, 3.8) is 0 Å². The fourth-order valence-electron chi connectivity index (χ4n) is 3.17. The molecule has 1 aromatic heterocycles. The van der Waals surface area contributed by atoms with Gasteiger partial charge in [0.1, 0.15) is 11.5 Å². The standard InChI is InChI=1S/C21H27N5O5S/c1-11(2)17(16-10-12(3)13(4)31-16)23-20-19(24-32(29,30)25-20)22-15-9-7-8-14(18(15)27)21(28)26(5)6/h7-11,17,27H,1-6H3,(H,22,24)(H,23,25)/t17-/m1/s1. The zero-order valence-corrected chi connectivity index (χ0v) is 19.6. The van der Waals surface area contributed by atoms with E-state index in [9.17, 15) is 18.3 Å². The number of furan rings is 1. The molecule has 1 amide bonds. The van der Waals surface area contributed by atoms with Gasteiger partial charge in [0, 0.05) is 14.1 Å². The second kappa shape index (κ2) is 8.65. The van der Waals surface area contributed by atoms with E-state index in [0.717, 1.165) is 11.3 Å². The average Bonchev–Trinajstić information content (AvgIpc) is 3.17. The fourth-order valence-corrected chi connectivity index (χ4v) is 3.94. The lowest BCUT2D eigenvalue weighted by Gasteiger charge is -2.22. The third-order valence-electron chi connectivity index (χ3n) is 5.01. The van der Waals surface area contributed by atoms with E-state index in [1.807, 2.05) is 33.8 Å². The number of aryl methyl sites for hydroxylation is 2. The molecule has 0 saturated carbocycles. The zero-order valence-electron chi connectivity index (χ0n) is 18.8. The molecule has 1 atom stereocenters. The van der Waals surface area contributed by atoms with Gasteiger partial charge in [-0.25, -0.2) is 0 Å². The van der Waals surface area contributed by atoms with Crippen LogP contribution in [0.1, 0.15) is 47.3 Å². The van der Waals surface area contributed by atoms with Crippen molar-refractivity contribution in [2.45, 2.75) is 33.7 Å². The minimum Gasteiger partial charge on any atom is -0.505 e. The van der Waals surface area contributed by atoms with Gasteiger partial charge in [-0.2, -0.15) is 8.42 Å². The predicted molar refractivity (Wildman–Crippen MR) is 122 cm³/mol. The highest BCUT2D eigenvalue weighted by Gasteiger charge is 2.30. The summed E-state index contributed by atoms with van der Waals surface area (Å²) in [6.45, 7) is 7.70. The summed E-state index contributed by atoms with van der Waals surface area (Å²) in [6, 6.07) is 6.06. The molecular weight excluding hydrogens is 434 g/mol.